The fourth-order valence-corrected chi connectivity index (χ4v) is 6.24. The second kappa shape index (κ2) is 8.61. The first-order valence-electron chi connectivity index (χ1n) is 11.2. The van der Waals surface area contributed by atoms with Gasteiger partial charge in [0.25, 0.3) is 5.56 Å². The second-order valence-corrected chi connectivity index (χ2v) is 9.61. The summed E-state index contributed by atoms with van der Waals surface area (Å²) in [5, 5.41) is 0.889. The summed E-state index contributed by atoms with van der Waals surface area (Å²) < 4.78 is 1.80. The molecule has 6 heteroatoms. The molecule has 0 saturated carbocycles. The van der Waals surface area contributed by atoms with Gasteiger partial charge in [-0.3, -0.25) is 14.3 Å². The van der Waals surface area contributed by atoms with Gasteiger partial charge in [0.05, 0.1) is 11.7 Å². The average Bonchev–Trinajstić information content (AvgIpc) is 3.18. The molecule has 3 aromatic rings. The normalized spacial score (nSPS) is 20.5. The second-order valence-electron chi connectivity index (χ2n) is 8.53. The van der Waals surface area contributed by atoms with Gasteiger partial charge in [0.2, 0.25) is 0 Å². The number of hydrogen-bond donors (Lipinski definition) is 0. The number of nitrogens with zero attached hydrogens (tertiary/aromatic N) is 4. The minimum Gasteiger partial charge on any atom is -0.301 e. The molecule has 3 heterocycles. The quantitative estimate of drug-likeness (QED) is 0.633. The number of hydrogen-bond acceptors (Lipinski definition) is 5. The van der Waals surface area contributed by atoms with E-state index in [1.165, 1.54) is 42.2 Å². The first kappa shape index (κ1) is 19.9. The highest BCUT2D eigenvalue weighted by Crippen LogP contribution is 2.35. The summed E-state index contributed by atoms with van der Waals surface area (Å²) in [7, 11) is 0. The van der Waals surface area contributed by atoms with Crippen LogP contribution in [0.1, 0.15) is 29.3 Å². The maximum atomic E-state index is 13.2. The lowest BCUT2D eigenvalue weighted by Gasteiger charge is -2.40. The molecule has 1 fully saturated rings. The SMILES string of the molecule is CCN1CCN(C2CCc3c(sc4ncn(CCc5ccccc5)c(=O)c34)C2)CC1. The Morgan fingerprint density at radius 2 is 1.93 bits per heavy atom. The lowest BCUT2D eigenvalue weighted by atomic mass is 9.91. The van der Waals surface area contributed by atoms with Gasteiger partial charge in [-0.1, -0.05) is 37.3 Å². The predicted molar refractivity (Wildman–Crippen MR) is 124 cm³/mol. The van der Waals surface area contributed by atoms with E-state index in [0.717, 1.165) is 42.4 Å². The van der Waals surface area contributed by atoms with Crippen molar-refractivity contribution in [2.24, 2.45) is 0 Å². The lowest BCUT2D eigenvalue weighted by Crippen LogP contribution is -2.51. The van der Waals surface area contributed by atoms with Gasteiger partial charge in [-0.15, -0.1) is 11.3 Å². The van der Waals surface area contributed by atoms with Gasteiger partial charge in [0.1, 0.15) is 4.83 Å². The minimum absolute atomic E-state index is 0.142. The zero-order chi connectivity index (χ0) is 20.5. The molecule has 0 amide bonds. The highest BCUT2D eigenvalue weighted by Gasteiger charge is 2.30. The van der Waals surface area contributed by atoms with Crippen LogP contribution in [0.15, 0.2) is 41.5 Å². The number of thiophene rings is 1. The van der Waals surface area contributed by atoms with Gasteiger partial charge >= 0.3 is 0 Å². The predicted octanol–water partition coefficient (Wildman–Crippen LogP) is 3.20. The standard InChI is InChI=1S/C24H30N4OS/c1-2-26-12-14-27(15-13-26)19-8-9-20-21(16-19)30-23-22(20)24(29)28(17-25-23)11-10-18-6-4-3-5-7-18/h3-7,17,19H,2,8-16H2,1H3. The van der Waals surface area contributed by atoms with E-state index in [1.54, 1.807) is 22.2 Å². The maximum absolute atomic E-state index is 13.2. The molecule has 2 aromatic heterocycles. The van der Waals surface area contributed by atoms with Crippen LogP contribution < -0.4 is 5.56 Å². The van der Waals surface area contributed by atoms with Crippen LogP contribution in [0.3, 0.4) is 0 Å². The van der Waals surface area contributed by atoms with Crippen LogP contribution in [0.25, 0.3) is 10.2 Å². The molecule has 1 atom stereocenters. The Morgan fingerprint density at radius 1 is 1.13 bits per heavy atom. The van der Waals surface area contributed by atoms with E-state index in [4.69, 9.17) is 0 Å². The van der Waals surface area contributed by atoms with Crippen LogP contribution in [0.4, 0.5) is 0 Å². The first-order chi connectivity index (χ1) is 14.7. The Kier molecular flexibility index (Phi) is 5.72. The maximum Gasteiger partial charge on any atom is 0.262 e. The number of benzene rings is 1. The third-order valence-corrected chi connectivity index (χ3v) is 8.03. The number of likely N-dealkylation sites (N-methyl/N-ethyl adjacent to an activating group) is 1. The number of fused-ring (bicyclic) bond motifs is 3. The number of rotatable bonds is 5. The van der Waals surface area contributed by atoms with E-state index in [2.05, 4.69) is 33.8 Å². The third kappa shape index (κ3) is 3.84. The molecule has 1 unspecified atom stereocenters. The Balaban J connectivity index is 1.35. The molecule has 0 N–H and O–H groups in total. The number of piperazine rings is 1. The van der Waals surface area contributed by atoms with E-state index in [9.17, 15) is 4.79 Å². The van der Waals surface area contributed by atoms with Crippen LogP contribution in [0, 0.1) is 0 Å². The minimum atomic E-state index is 0.142. The Labute approximate surface area is 182 Å². The molecule has 1 saturated heterocycles. The molecule has 2 aliphatic rings. The smallest absolute Gasteiger partial charge is 0.262 e. The Morgan fingerprint density at radius 3 is 2.70 bits per heavy atom. The molecule has 5 rings (SSSR count). The highest BCUT2D eigenvalue weighted by atomic mass is 32.1. The van der Waals surface area contributed by atoms with E-state index in [1.807, 2.05) is 18.2 Å². The highest BCUT2D eigenvalue weighted by molar-refractivity contribution is 7.18. The molecule has 0 radical (unpaired) electrons. The summed E-state index contributed by atoms with van der Waals surface area (Å²) in [6.07, 6.45) is 5.84. The Bertz CT molecular complexity index is 1070. The van der Waals surface area contributed by atoms with Crippen molar-refractivity contribution in [1.29, 1.82) is 0 Å². The molecule has 158 valence electrons. The molecular formula is C24H30N4OS. The summed E-state index contributed by atoms with van der Waals surface area (Å²) in [6, 6.07) is 11.0. The van der Waals surface area contributed by atoms with Crippen molar-refractivity contribution < 1.29 is 0 Å². The van der Waals surface area contributed by atoms with Crippen molar-refractivity contribution in [3.63, 3.8) is 0 Å². The van der Waals surface area contributed by atoms with Crippen LogP contribution in [0.5, 0.6) is 0 Å². The van der Waals surface area contributed by atoms with Crippen LogP contribution in [-0.2, 0) is 25.8 Å². The number of aryl methyl sites for hydroxylation is 3. The van der Waals surface area contributed by atoms with Crippen LogP contribution >= 0.6 is 11.3 Å². The summed E-state index contributed by atoms with van der Waals surface area (Å²) in [6.45, 7) is 8.79. The van der Waals surface area contributed by atoms with Gasteiger partial charge in [-0.25, -0.2) is 4.98 Å². The lowest BCUT2D eigenvalue weighted by molar-refractivity contribution is 0.0932. The molecule has 1 aliphatic heterocycles. The van der Waals surface area contributed by atoms with Gasteiger partial charge < -0.3 is 4.90 Å². The van der Waals surface area contributed by atoms with Crippen molar-refractivity contribution in [3.05, 3.63) is 63.0 Å². The van der Waals surface area contributed by atoms with Crippen LogP contribution in [-0.4, -0.2) is 58.1 Å². The van der Waals surface area contributed by atoms with Gasteiger partial charge in [0, 0.05) is 43.6 Å². The van der Waals surface area contributed by atoms with Crippen LogP contribution in [0.2, 0.25) is 0 Å². The molecular weight excluding hydrogens is 392 g/mol. The van der Waals surface area contributed by atoms with Crippen molar-refractivity contribution in [1.82, 2.24) is 19.4 Å². The van der Waals surface area contributed by atoms with Crippen molar-refractivity contribution >= 4 is 21.6 Å². The van der Waals surface area contributed by atoms with E-state index >= 15 is 0 Å². The topological polar surface area (TPSA) is 41.4 Å². The summed E-state index contributed by atoms with van der Waals surface area (Å²) in [4.78, 5) is 25.5. The van der Waals surface area contributed by atoms with E-state index < -0.39 is 0 Å². The van der Waals surface area contributed by atoms with Crippen molar-refractivity contribution in [3.8, 4) is 0 Å². The monoisotopic (exact) mass is 422 g/mol. The summed E-state index contributed by atoms with van der Waals surface area (Å²) in [5.41, 5.74) is 2.68. The molecule has 1 aromatic carbocycles. The molecule has 30 heavy (non-hydrogen) atoms. The zero-order valence-electron chi connectivity index (χ0n) is 17.7. The average molecular weight is 423 g/mol. The summed E-state index contributed by atoms with van der Waals surface area (Å²) in [5.74, 6) is 0. The Hall–Kier alpha value is -2.02. The van der Waals surface area contributed by atoms with Gasteiger partial charge in [-0.05, 0) is 43.4 Å². The number of aromatic nitrogens is 2. The fourth-order valence-electron chi connectivity index (χ4n) is 4.99. The third-order valence-electron chi connectivity index (χ3n) is 6.86. The van der Waals surface area contributed by atoms with E-state index in [-0.39, 0.29) is 5.56 Å². The largest absolute Gasteiger partial charge is 0.301 e. The van der Waals surface area contributed by atoms with Gasteiger partial charge in [-0.2, -0.15) is 0 Å². The molecule has 1 aliphatic carbocycles. The fraction of sp³-hybridized carbons (Fsp3) is 0.500. The molecule has 0 spiro atoms. The molecule has 0 bridgehead atoms. The van der Waals surface area contributed by atoms with E-state index in [0.29, 0.717) is 12.6 Å². The zero-order valence-corrected chi connectivity index (χ0v) is 18.5. The summed E-state index contributed by atoms with van der Waals surface area (Å²) >= 11 is 1.75. The first-order valence-corrected chi connectivity index (χ1v) is 12.0. The van der Waals surface area contributed by atoms with Gasteiger partial charge in [0.15, 0.2) is 0 Å². The van der Waals surface area contributed by atoms with Crippen molar-refractivity contribution in [2.45, 2.75) is 45.2 Å². The molecule has 5 nitrogen and oxygen atoms in total. The van der Waals surface area contributed by atoms with Crippen molar-refractivity contribution in [2.75, 3.05) is 32.7 Å².